The third-order valence-electron chi connectivity index (χ3n) is 3.09. The summed E-state index contributed by atoms with van der Waals surface area (Å²) in [7, 11) is 2.04. The summed E-state index contributed by atoms with van der Waals surface area (Å²) in [6.45, 7) is 6.11. The highest BCUT2D eigenvalue weighted by molar-refractivity contribution is 4.75. The van der Waals surface area contributed by atoms with Gasteiger partial charge in [-0.15, -0.1) is 0 Å². The summed E-state index contributed by atoms with van der Waals surface area (Å²) in [6, 6.07) is 0.880. The molecule has 1 rings (SSSR count). The highest BCUT2D eigenvalue weighted by Crippen LogP contribution is 2.19. The first-order chi connectivity index (χ1) is 6.38. The molecule has 0 bridgehead atoms. The Hall–Kier alpha value is -0.0800. The van der Waals surface area contributed by atoms with E-state index in [0.29, 0.717) is 0 Å². The van der Waals surface area contributed by atoms with E-state index in [1.807, 2.05) is 7.05 Å². The molecule has 0 aromatic carbocycles. The zero-order valence-corrected chi connectivity index (χ0v) is 9.18. The van der Waals surface area contributed by atoms with Crippen molar-refractivity contribution in [3.63, 3.8) is 0 Å². The maximum atomic E-state index is 3.21. The van der Waals surface area contributed by atoms with Crippen molar-refractivity contribution in [3.8, 4) is 0 Å². The Morgan fingerprint density at radius 1 is 1.38 bits per heavy atom. The lowest BCUT2D eigenvalue weighted by Gasteiger charge is -2.35. The molecule has 0 saturated carbocycles. The standard InChI is InChI=1S/C11H24N2/c1-3-11-7-4-5-9-13(11)10-6-8-12-2/h11-12H,3-10H2,1-2H3. The van der Waals surface area contributed by atoms with Crippen LogP contribution >= 0.6 is 0 Å². The summed E-state index contributed by atoms with van der Waals surface area (Å²) >= 11 is 0. The minimum Gasteiger partial charge on any atom is -0.320 e. The van der Waals surface area contributed by atoms with E-state index >= 15 is 0 Å². The fraction of sp³-hybridized carbons (Fsp3) is 1.00. The Morgan fingerprint density at radius 2 is 2.23 bits per heavy atom. The minimum absolute atomic E-state index is 0.880. The van der Waals surface area contributed by atoms with Crippen LogP contribution in [0.5, 0.6) is 0 Å². The van der Waals surface area contributed by atoms with Crippen molar-refractivity contribution in [2.24, 2.45) is 0 Å². The second kappa shape index (κ2) is 6.39. The lowest BCUT2D eigenvalue weighted by molar-refractivity contribution is 0.142. The molecule has 2 nitrogen and oxygen atoms in total. The Labute approximate surface area is 82.7 Å². The smallest absolute Gasteiger partial charge is 0.00926 e. The Kier molecular flexibility index (Phi) is 5.40. The molecule has 13 heavy (non-hydrogen) atoms. The number of hydrogen-bond donors (Lipinski definition) is 1. The summed E-state index contributed by atoms with van der Waals surface area (Å²) in [6.07, 6.45) is 6.92. The molecule has 1 saturated heterocycles. The molecule has 2 heteroatoms. The van der Waals surface area contributed by atoms with Crippen LogP contribution in [0.1, 0.15) is 39.0 Å². The van der Waals surface area contributed by atoms with Gasteiger partial charge in [-0.2, -0.15) is 0 Å². The topological polar surface area (TPSA) is 15.3 Å². The fourth-order valence-electron chi connectivity index (χ4n) is 2.28. The van der Waals surface area contributed by atoms with Gasteiger partial charge in [0, 0.05) is 6.04 Å². The summed E-state index contributed by atoms with van der Waals surface area (Å²) in [5, 5.41) is 3.21. The molecule has 0 aliphatic carbocycles. The number of rotatable bonds is 5. The summed E-state index contributed by atoms with van der Waals surface area (Å²) < 4.78 is 0. The van der Waals surface area contributed by atoms with Gasteiger partial charge in [0.25, 0.3) is 0 Å². The molecule has 1 heterocycles. The van der Waals surface area contributed by atoms with Gasteiger partial charge in [-0.05, 0) is 52.4 Å². The van der Waals surface area contributed by atoms with Gasteiger partial charge in [0.2, 0.25) is 0 Å². The van der Waals surface area contributed by atoms with Crippen molar-refractivity contribution < 1.29 is 0 Å². The molecule has 0 aromatic heterocycles. The second-order valence-electron chi connectivity index (χ2n) is 4.05. The van der Waals surface area contributed by atoms with Crippen molar-refractivity contribution in [3.05, 3.63) is 0 Å². The Bertz CT molecular complexity index is 125. The predicted octanol–water partition coefficient (Wildman–Crippen LogP) is 1.86. The van der Waals surface area contributed by atoms with Crippen LogP contribution in [-0.4, -0.2) is 37.6 Å². The maximum Gasteiger partial charge on any atom is 0.00926 e. The van der Waals surface area contributed by atoms with Gasteiger partial charge in [-0.25, -0.2) is 0 Å². The average Bonchev–Trinajstić information content (AvgIpc) is 2.19. The lowest BCUT2D eigenvalue weighted by atomic mass is 10.00. The molecule has 1 aliphatic rings. The van der Waals surface area contributed by atoms with E-state index in [9.17, 15) is 0 Å². The van der Waals surface area contributed by atoms with Crippen LogP contribution in [-0.2, 0) is 0 Å². The molecule has 0 amide bonds. The molecule has 0 aromatic rings. The summed E-state index contributed by atoms with van der Waals surface area (Å²) in [5.74, 6) is 0. The maximum absolute atomic E-state index is 3.21. The molecule has 78 valence electrons. The van der Waals surface area contributed by atoms with E-state index in [1.54, 1.807) is 0 Å². The first-order valence-electron chi connectivity index (χ1n) is 5.77. The summed E-state index contributed by atoms with van der Waals surface area (Å²) in [4.78, 5) is 2.68. The van der Waals surface area contributed by atoms with Crippen molar-refractivity contribution >= 4 is 0 Å². The van der Waals surface area contributed by atoms with E-state index in [4.69, 9.17) is 0 Å². The van der Waals surface area contributed by atoms with Gasteiger partial charge in [0.1, 0.15) is 0 Å². The van der Waals surface area contributed by atoms with Crippen molar-refractivity contribution in [1.29, 1.82) is 0 Å². The number of hydrogen-bond acceptors (Lipinski definition) is 2. The molecular formula is C11H24N2. The third kappa shape index (κ3) is 3.65. The van der Waals surface area contributed by atoms with E-state index in [-0.39, 0.29) is 0 Å². The van der Waals surface area contributed by atoms with Gasteiger partial charge < -0.3 is 10.2 Å². The van der Waals surface area contributed by atoms with Gasteiger partial charge in [0.15, 0.2) is 0 Å². The average molecular weight is 184 g/mol. The van der Waals surface area contributed by atoms with Crippen LogP contribution in [0.4, 0.5) is 0 Å². The van der Waals surface area contributed by atoms with E-state index in [0.717, 1.165) is 12.6 Å². The second-order valence-corrected chi connectivity index (χ2v) is 4.05. The number of nitrogens with one attached hydrogen (secondary N) is 1. The fourth-order valence-corrected chi connectivity index (χ4v) is 2.28. The van der Waals surface area contributed by atoms with Crippen LogP contribution in [0.25, 0.3) is 0 Å². The zero-order valence-electron chi connectivity index (χ0n) is 9.18. The molecule has 1 fully saturated rings. The largest absolute Gasteiger partial charge is 0.320 e. The highest BCUT2D eigenvalue weighted by Gasteiger charge is 2.19. The first-order valence-corrected chi connectivity index (χ1v) is 5.77. The molecule has 1 N–H and O–H groups in total. The summed E-state index contributed by atoms with van der Waals surface area (Å²) in [5.41, 5.74) is 0. The number of likely N-dealkylation sites (tertiary alicyclic amines) is 1. The van der Waals surface area contributed by atoms with Crippen LogP contribution in [0, 0.1) is 0 Å². The monoisotopic (exact) mass is 184 g/mol. The number of nitrogens with zero attached hydrogens (tertiary/aromatic N) is 1. The molecule has 1 atom stereocenters. The first kappa shape index (κ1) is 11.0. The molecule has 1 aliphatic heterocycles. The van der Waals surface area contributed by atoms with E-state index < -0.39 is 0 Å². The van der Waals surface area contributed by atoms with Gasteiger partial charge in [-0.3, -0.25) is 0 Å². The quantitative estimate of drug-likeness (QED) is 0.656. The molecule has 0 radical (unpaired) electrons. The minimum atomic E-state index is 0.880. The van der Waals surface area contributed by atoms with E-state index in [2.05, 4.69) is 17.1 Å². The zero-order chi connectivity index (χ0) is 9.52. The van der Waals surface area contributed by atoms with Crippen LogP contribution in [0.15, 0.2) is 0 Å². The molecule has 0 spiro atoms. The van der Waals surface area contributed by atoms with Crippen LogP contribution in [0.3, 0.4) is 0 Å². The van der Waals surface area contributed by atoms with Gasteiger partial charge in [0.05, 0.1) is 0 Å². The van der Waals surface area contributed by atoms with E-state index in [1.165, 1.54) is 45.2 Å². The van der Waals surface area contributed by atoms with Crippen molar-refractivity contribution in [2.45, 2.75) is 45.1 Å². The molecule has 1 unspecified atom stereocenters. The highest BCUT2D eigenvalue weighted by atomic mass is 15.2. The van der Waals surface area contributed by atoms with Crippen LogP contribution < -0.4 is 5.32 Å². The number of piperidine rings is 1. The normalized spacial score (nSPS) is 24.9. The lowest BCUT2D eigenvalue weighted by Crippen LogP contribution is -2.40. The Balaban J connectivity index is 2.19. The molecular weight excluding hydrogens is 160 g/mol. The van der Waals surface area contributed by atoms with Gasteiger partial charge in [-0.1, -0.05) is 13.3 Å². The predicted molar refractivity (Wildman–Crippen MR) is 58.0 cm³/mol. The SMILES string of the molecule is CCC1CCCCN1CCCNC. The van der Waals surface area contributed by atoms with Crippen LogP contribution in [0.2, 0.25) is 0 Å². The third-order valence-corrected chi connectivity index (χ3v) is 3.09. The van der Waals surface area contributed by atoms with Crippen molar-refractivity contribution in [1.82, 2.24) is 10.2 Å². The van der Waals surface area contributed by atoms with Gasteiger partial charge >= 0.3 is 0 Å². The Morgan fingerprint density at radius 3 is 2.92 bits per heavy atom. The van der Waals surface area contributed by atoms with Crippen molar-refractivity contribution in [2.75, 3.05) is 26.7 Å².